The largest absolute Gasteiger partial charge is 0.381 e. The molecule has 1 N–H and O–H groups in total. The van der Waals surface area contributed by atoms with Gasteiger partial charge in [-0.15, -0.1) is 0 Å². The van der Waals surface area contributed by atoms with Crippen LogP contribution in [0.5, 0.6) is 0 Å². The predicted molar refractivity (Wildman–Crippen MR) is 64.6 cm³/mol. The number of hydrogen-bond donors (Lipinski definition) is 1. The van der Waals surface area contributed by atoms with E-state index >= 15 is 0 Å². The summed E-state index contributed by atoms with van der Waals surface area (Å²) in [7, 11) is 1.81. The fraction of sp³-hybridized carbons (Fsp3) is 1.00. The fourth-order valence-corrected chi connectivity index (χ4v) is 2.38. The first-order valence-corrected chi connectivity index (χ1v) is 6.76. The summed E-state index contributed by atoms with van der Waals surface area (Å²) in [4.78, 5) is 0. The minimum atomic E-state index is 0.434. The molecule has 2 rings (SSSR count). The Bertz CT molecular complexity index is 194. The van der Waals surface area contributed by atoms with E-state index in [0.29, 0.717) is 12.2 Å². The van der Waals surface area contributed by atoms with Crippen LogP contribution in [-0.4, -0.2) is 38.5 Å². The van der Waals surface area contributed by atoms with Crippen molar-refractivity contribution in [1.29, 1.82) is 0 Å². The Morgan fingerprint density at radius 2 is 1.94 bits per heavy atom. The summed E-state index contributed by atoms with van der Waals surface area (Å²) in [6.07, 6.45) is 9.54. The van der Waals surface area contributed by atoms with Gasteiger partial charge in [0, 0.05) is 19.8 Å². The van der Waals surface area contributed by atoms with Crippen LogP contribution in [-0.2, 0) is 9.47 Å². The maximum Gasteiger partial charge on any atom is 0.0599 e. The van der Waals surface area contributed by atoms with E-state index in [-0.39, 0.29) is 0 Å². The van der Waals surface area contributed by atoms with Crippen molar-refractivity contribution in [2.75, 3.05) is 20.3 Å². The van der Waals surface area contributed by atoms with E-state index in [9.17, 15) is 0 Å². The maximum atomic E-state index is 5.90. The van der Waals surface area contributed by atoms with Crippen LogP contribution in [0.3, 0.4) is 0 Å². The minimum absolute atomic E-state index is 0.434. The Morgan fingerprint density at radius 3 is 2.69 bits per heavy atom. The lowest BCUT2D eigenvalue weighted by Crippen LogP contribution is -2.28. The molecule has 0 aliphatic heterocycles. The van der Waals surface area contributed by atoms with Crippen LogP contribution in [0.4, 0.5) is 0 Å². The van der Waals surface area contributed by atoms with Gasteiger partial charge in [-0.05, 0) is 51.5 Å². The smallest absolute Gasteiger partial charge is 0.0599 e. The minimum Gasteiger partial charge on any atom is -0.381 e. The molecule has 2 atom stereocenters. The second kappa shape index (κ2) is 6.58. The van der Waals surface area contributed by atoms with Crippen molar-refractivity contribution < 1.29 is 9.47 Å². The lowest BCUT2D eigenvalue weighted by Gasteiger charge is -2.28. The van der Waals surface area contributed by atoms with Crippen molar-refractivity contribution >= 4 is 0 Å². The van der Waals surface area contributed by atoms with Crippen molar-refractivity contribution in [3.8, 4) is 0 Å². The Balaban J connectivity index is 1.47. The van der Waals surface area contributed by atoms with E-state index < -0.39 is 0 Å². The van der Waals surface area contributed by atoms with E-state index in [0.717, 1.165) is 32.0 Å². The summed E-state index contributed by atoms with van der Waals surface area (Å²) >= 11 is 0. The molecular formula is C13H25NO2. The van der Waals surface area contributed by atoms with Gasteiger partial charge in [-0.1, -0.05) is 0 Å². The molecule has 0 aromatic rings. The molecular weight excluding hydrogens is 202 g/mol. The van der Waals surface area contributed by atoms with Crippen LogP contribution >= 0.6 is 0 Å². The first-order chi connectivity index (χ1) is 7.88. The predicted octanol–water partition coefficient (Wildman–Crippen LogP) is 2.10. The molecule has 0 radical (unpaired) electrons. The van der Waals surface area contributed by atoms with Gasteiger partial charge in [0.15, 0.2) is 0 Å². The van der Waals surface area contributed by atoms with Crippen molar-refractivity contribution in [2.45, 2.75) is 63.2 Å². The number of ether oxygens (including phenoxy) is 2. The van der Waals surface area contributed by atoms with Crippen LogP contribution in [0.25, 0.3) is 0 Å². The van der Waals surface area contributed by atoms with E-state index in [4.69, 9.17) is 9.47 Å². The molecule has 3 heteroatoms. The molecule has 2 fully saturated rings. The molecule has 0 spiro atoms. The zero-order chi connectivity index (χ0) is 11.2. The fourth-order valence-electron chi connectivity index (χ4n) is 2.38. The Morgan fingerprint density at radius 1 is 1.12 bits per heavy atom. The summed E-state index contributed by atoms with van der Waals surface area (Å²) < 4.78 is 11.3. The maximum absolute atomic E-state index is 5.90. The number of methoxy groups -OCH3 is 1. The van der Waals surface area contributed by atoms with E-state index in [1.807, 2.05) is 7.11 Å². The third-order valence-corrected chi connectivity index (χ3v) is 3.60. The van der Waals surface area contributed by atoms with Gasteiger partial charge < -0.3 is 14.8 Å². The molecule has 0 saturated heterocycles. The third-order valence-electron chi connectivity index (χ3n) is 3.60. The Labute approximate surface area is 98.9 Å². The zero-order valence-corrected chi connectivity index (χ0v) is 10.4. The highest BCUT2D eigenvalue weighted by molar-refractivity contribution is 4.80. The molecule has 94 valence electrons. The van der Waals surface area contributed by atoms with Crippen LogP contribution < -0.4 is 5.32 Å². The van der Waals surface area contributed by atoms with Gasteiger partial charge in [-0.3, -0.25) is 0 Å². The second-order valence-electron chi connectivity index (χ2n) is 5.10. The summed E-state index contributed by atoms with van der Waals surface area (Å²) in [5.74, 6) is 0. The first kappa shape index (κ1) is 12.3. The zero-order valence-electron chi connectivity index (χ0n) is 10.4. The molecule has 2 aliphatic rings. The molecule has 3 nitrogen and oxygen atoms in total. The van der Waals surface area contributed by atoms with Gasteiger partial charge in [0.25, 0.3) is 0 Å². The standard InChI is InChI=1S/C13H25NO2/c1-15-12-4-2-5-13(10-12)16-9-3-8-14-11-6-7-11/h11-14H,2-10H2,1H3. The molecule has 2 aliphatic carbocycles. The highest BCUT2D eigenvalue weighted by Gasteiger charge is 2.22. The SMILES string of the molecule is COC1CCCC(OCCCNC2CC2)C1. The molecule has 2 unspecified atom stereocenters. The van der Waals surface area contributed by atoms with Crippen molar-refractivity contribution in [3.63, 3.8) is 0 Å². The van der Waals surface area contributed by atoms with Gasteiger partial charge >= 0.3 is 0 Å². The molecule has 0 bridgehead atoms. The summed E-state index contributed by atoms with van der Waals surface area (Å²) in [6.45, 7) is 2.02. The van der Waals surface area contributed by atoms with E-state index in [2.05, 4.69) is 5.32 Å². The summed E-state index contributed by atoms with van der Waals surface area (Å²) in [5, 5.41) is 3.51. The number of nitrogens with one attached hydrogen (secondary N) is 1. The third kappa shape index (κ3) is 4.40. The molecule has 0 aromatic carbocycles. The van der Waals surface area contributed by atoms with Crippen molar-refractivity contribution in [1.82, 2.24) is 5.32 Å². The Kier molecular flexibility index (Phi) is 5.07. The van der Waals surface area contributed by atoms with Gasteiger partial charge in [0.2, 0.25) is 0 Å². The highest BCUT2D eigenvalue weighted by atomic mass is 16.5. The van der Waals surface area contributed by atoms with Crippen LogP contribution in [0.2, 0.25) is 0 Å². The number of rotatable bonds is 7. The van der Waals surface area contributed by atoms with Crippen LogP contribution in [0, 0.1) is 0 Å². The monoisotopic (exact) mass is 227 g/mol. The topological polar surface area (TPSA) is 30.5 Å². The van der Waals surface area contributed by atoms with Crippen LogP contribution in [0.1, 0.15) is 44.9 Å². The number of hydrogen-bond acceptors (Lipinski definition) is 3. The second-order valence-corrected chi connectivity index (χ2v) is 5.10. The molecule has 0 heterocycles. The lowest BCUT2D eigenvalue weighted by molar-refractivity contribution is -0.0298. The molecule has 0 amide bonds. The van der Waals surface area contributed by atoms with E-state index in [1.165, 1.54) is 32.1 Å². The first-order valence-electron chi connectivity index (χ1n) is 6.76. The van der Waals surface area contributed by atoms with Gasteiger partial charge in [0.05, 0.1) is 12.2 Å². The summed E-state index contributed by atoms with van der Waals surface area (Å²) in [5.41, 5.74) is 0. The van der Waals surface area contributed by atoms with Crippen molar-refractivity contribution in [2.24, 2.45) is 0 Å². The van der Waals surface area contributed by atoms with Crippen LogP contribution in [0.15, 0.2) is 0 Å². The summed E-state index contributed by atoms with van der Waals surface area (Å²) in [6, 6.07) is 0.826. The normalized spacial score (nSPS) is 30.6. The average Bonchev–Trinajstić information content (AvgIpc) is 3.13. The molecule has 16 heavy (non-hydrogen) atoms. The van der Waals surface area contributed by atoms with Gasteiger partial charge in [-0.25, -0.2) is 0 Å². The Hall–Kier alpha value is -0.120. The quantitative estimate of drug-likeness (QED) is 0.676. The lowest BCUT2D eigenvalue weighted by atomic mass is 9.95. The molecule has 0 aromatic heterocycles. The van der Waals surface area contributed by atoms with Gasteiger partial charge in [0.1, 0.15) is 0 Å². The van der Waals surface area contributed by atoms with Gasteiger partial charge in [-0.2, -0.15) is 0 Å². The molecule has 2 saturated carbocycles. The van der Waals surface area contributed by atoms with Crippen molar-refractivity contribution in [3.05, 3.63) is 0 Å². The average molecular weight is 227 g/mol. The van der Waals surface area contributed by atoms with E-state index in [1.54, 1.807) is 0 Å². The highest BCUT2D eigenvalue weighted by Crippen LogP contribution is 2.23.